The molecule has 0 amide bonds. The normalized spacial score (nSPS) is 15.3. The van der Waals surface area contributed by atoms with Crippen molar-refractivity contribution in [3.05, 3.63) is 89.5 Å². The SMILES string of the molecule is COC(=O)C1CCc2ccc(Oc3cccc(NCc4ccccc4)c3)cc2C1. The number of hydrogen-bond acceptors (Lipinski definition) is 4. The van der Waals surface area contributed by atoms with Crippen molar-refractivity contribution in [1.82, 2.24) is 0 Å². The zero-order valence-electron chi connectivity index (χ0n) is 16.6. The van der Waals surface area contributed by atoms with Gasteiger partial charge >= 0.3 is 5.97 Å². The van der Waals surface area contributed by atoms with Crippen LogP contribution in [0.2, 0.25) is 0 Å². The molecule has 1 N–H and O–H groups in total. The number of carbonyl (C=O) groups excluding carboxylic acids is 1. The standard InChI is InChI=1S/C25H25NO3/c1-28-25(27)20-11-10-19-12-13-24(15-21(19)14-20)29-23-9-5-8-22(16-23)26-17-18-6-3-2-4-7-18/h2-9,12-13,15-16,20,26H,10-11,14,17H2,1H3. The number of carbonyl (C=O) groups is 1. The summed E-state index contributed by atoms with van der Waals surface area (Å²) < 4.78 is 11.0. The average molecular weight is 387 g/mol. The molecule has 0 radical (unpaired) electrons. The van der Waals surface area contributed by atoms with E-state index in [1.165, 1.54) is 23.8 Å². The number of anilines is 1. The third-order valence-corrected chi connectivity index (χ3v) is 5.35. The zero-order chi connectivity index (χ0) is 20.1. The van der Waals surface area contributed by atoms with E-state index in [4.69, 9.17) is 9.47 Å². The molecule has 1 atom stereocenters. The fourth-order valence-electron chi connectivity index (χ4n) is 3.77. The van der Waals surface area contributed by atoms with Crippen molar-refractivity contribution in [2.75, 3.05) is 12.4 Å². The Hall–Kier alpha value is -3.27. The van der Waals surface area contributed by atoms with Gasteiger partial charge in [0.2, 0.25) is 0 Å². The maximum Gasteiger partial charge on any atom is 0.309 e. The second-order valence-electron chi connectivity index (χ2n) is 7.36. The van der Waals surface area contributed by atoms with Crippen molar-refractivity contribution in [2.24, 2.45) is 5.92 Å². The Morgan fingerprint density at radius 2 is 1.79 bits per heavy atom. The molecule has 1 unspecified atom stereocenters. The van der Waals surface area contributed by atoms with Gasteiger partial charge in [-0.2, -0.15) is 0 Å². The lowest BCUT2D eigenvalue weighted by atomic mass is 9.84. The van der Waals surface area contributed by atoms with Crippen LogP contribution in [0.3, 0.4) is 0 Å². The molecule has 1 aliphatic carbocycles. The highest BCUT2D eigenvalue weighted by atomic mass is 16.5. The van der Waals surface area contributed by atoms with Crippen LogP contribution >= 0.6 is 0 Å². The van der Waals surface area contributed by atoms with E-state index < -0.39 is 0 Å². The molecule has 0 aromatic heterocycles. The first-order chi connectivity index (χ1) is 14.2. The number of esters is 1. The number of benzene rings is 3. The van der Waals surface area contributed by atoms with Gasteiger partial charge in [0.1, 0.15) is 11.5 Å². The van der Waals surface area contributed by atoms with Crippen LogP contribution in [0.15, 0.2) is 72.8 Å². The Morgan fingerprint density at radius 3 is 2.62 bits per heavy atom. The maximum atomic E-state index is 11.9. The Morgan fingerprint density at radius 1 is 0.966 bits per heavy atom. The van der Waals surface area contributed by atoms with Crippen LogP contribution in [0.5, 0.6) is 11.5 Å². The van der Waals surface area contributed by atoms with Gasteiger partial charge in [-0.05, 0) is 60.2 Å². The summed E-state index contributed by atoms with van der Waals surface area (Å²) in [5.41, 5.74) is 4.70. The van der Waals surface area contributed by atoms with Gasteiger partial charge in [-0.15, -0.1) is 0 Å². The first-order valence-electron chi connectivity index (χ1n) is 9.96. The predicted molar refractivity (Wildman–Crippen MR) is 114 cm³/mol. The first kappa shape index (κ1) is 19.1. The van der Waals surface area contributed by atoms with Crippen LogP contribution < -0.4 is 10.1 Å². The highest BCUT2D eigenvalue weighted by molar-refractivity contribution is 5.73. The molecule has 0 spiro atoms. The van der Waals surface area contributed by atoms with Crippen molar-refractivity contribution in [2.45, 2.75) is 25.8 Å². The molecule has 29 heavy (non-hydrogen) atoms. The number of methoxy groups -OCH3 is 1. The van der Waals surface area contributed by atoms with Crippen molar-refractivity contribution in [1.29, 1.82) is 0 Å². The topological polar surface area (TPSA) is 47.6 Å². The van der Waals surface area contributed by atoms with Gasteiger partial charge in [0.15, 0.2) is 0 Å². The van der Waals surface area contributed by atoms with Crippen molar-refractivity contribution in [3.8, 4) is 11.5 Å². The van der Waals surface area contributed by atoms with Crippen LogP contribution in [0, 0.1) is 5.92 Å². The Bertz CT molecular complexity index is 984. The third kappa shape index (κ3) is 4.77. The van der Waals surface area contributed by atoms with Gasteiger partial charge in [0.25, 0.3) is 0 Å². The second-order valence-corrected chi connectivity index (χ2v) is 7.36. The molecule has 3 aromatic rings. The lowest BCUT2D eigenvalue weighted by Gasteiger charge is -2.23. The summed E-state index contributed by atoms with van der Waals surface area (Å²) in [6.07, 6.45) is 2.45. The van der Waals surface area contributed by atoms with E-state index in [1.807, 2.05) is 48.5 Å². The molecule has 148 valence electrons. The Kier molecular flexibility index (Phi) is 5.80. The second kappa shape index (κ2) is 8.82. The molecule has 0 fully saturated rings. The molecule has 3 aromatic carbocycles. The molecule has 1 aliphatic rings. The third-order valence-electron chi connectivity index (χ3n) is 5.35. The highest BCUT2D eigenvalue weighted by Gasteiger charge is 2.25. The minimum Gasteiger partial charge on any atom is -0.469 e. The van der Waals surface area contributed by atoms with E-state index in [0.29, 0.717) is 6.42 Å². The smallest absolute Gasteiger partial charge is 0.309 e. The Balaban J connectivity index is 1.44. The Labute approximate surface area is 171 Å². The largest absolute Gasteiger partial charge is 0.469 e. The van der Waals surface area contributed by atoms with E-state index in [-0.39, 0.29) is 11.9 Å². The van der Waals surface area contributed by atoms with E-state index in [2.05, 4.69) is 29.6 Å². The average Bonchev–Trinajstić information content (AvgIpc) is 2.77. The summed E-state index contributed by atoms with van der Waals surface area (Å²) in [4.78, 5) is 11.9. The zero-order valence-corrected chi connectivity index (χ0v) is 16.6. The lowest BCUT2D eigenvalue weighted by molar-refractivity contribution is -0.145. The van der Waals surface area contributed by atoms with Gasteiger partial charge < -0.3 is 14.8 Å². The molecule has 0 aliphatic heterocycles. The summed E-state index contributed by atoms with van der Waals surface area (Å²) in [6.45, 7) is 0.762. The number of aryl methyl sites for hydroxylation is 1. The molecule has 4 nitrogen and oxygen atoms in total. The number of rotatable bonds is 6. The van der Waals surface area contributed by atoms with Crippen LogP contribution in [-0.2, 0) is 28.9 Å². The molecule has 4 heteroatoms. The number of ether oxygens (including phenoxy) is 2. The van der Waals surface area contributed by atoms with Gasteiger partial charge in [-0.1, -0.05) is 42.5 Å². The maximum absolute atomic E-state index is 11.9. The molecule has 0 saturated heterocycles. The van der Waals surface area contributed by atoms with Gasteiger partial charge in [-0.3, -0.25) is 4.79 Å². The molecular weight excluding hydrogens is 362 g/mol. The number of fused-ring (bicyclic) bond motifs is 1. The summed E-state index contributed by atoms with van der Waals surface area (Å²) >= 11 is 0. The fourth-order valence-corrected chi connectivity index (χ4v) is 3.77. The van der Waals surface area contributed by atoms with E-state index in [1.54, 1.807) is 0 Å². The first-order valence-corrected chi connectivity index (χ1v) is 9.96. The minimum atomic E-state index is -0.126. The molecule has 0 saturated carbocycles. The van der Waals surface area contributed by atoms with Crippen LogP contribution in [0.1, 0.15) is 23.1 Å². The fraction of sp³-hybridized carbons (Fsp3) is 0.240. The van der Waals surface area contributed by atoms with Gasteiger partial charge in [0, 0.05) is 18.3 Å². The molecular formula is C25H25NO3. The van der Waals surface area contributed by atoms with E-state index in [0.717, 1.165) is 36.6 Å². The van der Waals surface area contributed by atoms with Gasteiger partial charge in [-0.25, -0.2) is 0 Å². The van der Waals surface area contributed by atoms with Crippen molar-refractivity contribution in [3.63, 3.8) is 0 Å². The quantitative estimate of drug-likeness (QED) is 0.578. The van der Waals surface area contributed by atoms with E-state index in [9.17, 15) is 4.79 Å². The predicted octanol–water partition coefficient (Wildman–Crippen LogP) is 5.37. The van der Waals surface area contributed by atoms with Crippen LogP contribution in [-0.4, -0.2) is 13.1 Å². The summed E-state index contributed by atoms with van der Waals surface area (Å²) in [5, 5.41) is 3.43. The summed E-state index contributed by atoms with van der Waals surface area (Å²) in [6, 6.07) is 24.4. The monoisotopic (exact) mass is 387 g/mol. The number of hydrogen-bond donors (Lipinski definition) is 1. The van der Waals surface area contributed by atoms with Gasteiger partial charge in [0.05, 0.1) is 13.0 Å². The molecule has 4 rings (SSSR count). The van der Waals surface area contributed by atoms with Crippen LogP contribution in [0.25, 0.3) is 0 Å². The molecule has 0 bridgehead atoms. The molecule has 0 heterocycles. The van der Waals surface area contributed by atoms with Crippen LogP contribution in [0.4, 0.5) is 5.69 Å². The minimum absolute atomic E-state index is 0.0618. The highest BCUT2D eigenvalue weighted by Crippen LogP contribution is 2.31. The van der Waals surface area contributed by atoms with Crippen molar-refractivity contribution >= 4 is 11.7 Å². The van der Waals surface area contributed by atoms with Crippen molar-refractivity contribution < 1.29 is 14.3 Å². The summed E-state index contributed by atoms with van der Waals surface area (Å²) in [7, 11) is 1.45. The summed E-state index contributed by atoms with van der Waals surface area (Å²) in [5.74, 6) is 1.38. The number of nitrogens with one attached hydrogen (secondary N) is 1. The lowest BCUT2D eigenvalue weighted by Crippen LogP contribution is -2.23. The van der Waals surface area contributed by atoms with E-state index >= 15 is 0 Å².